The van der Waals surface area contributed by atoms with E-state index in [-0.39, 0.29) is 17.4 Å². The van der Waals surface area contributed by atoms with Crippen LogP contribution in [0.2, 0.25) is 0 Å². The molecule has 0 saturated carbocycles. The normalized spacial score (nSPS) is 13.6. The van der Waals surface area contributed by atoms with Crippen molar-refractivity contribution < 1.29 is 13.5 Å². The summed E-state index contributed by atoms with van der Waals surface area (Å²) in [4.78, 5) is 7.46. The first-order valence-electron chi connectivity index (χ1n) is 5.31. The number of sulfonamides is 1. The van der Waals surface area contributed by atoms with Gasteiger partial charge in [-0.1, -0.05) is 0 Å². The summed E-state index contributed by atoms with van der Waals surface area (Å²) >= 11 is 0. The Morgan fingerprint density at radius 1 is 1.50 bits per heavy atom. The number of aliphatic hydroxyl groups is 1. The zero-order valence-electron chi connectivity index (χ0n) is 10.2. The molecule has 0 bridgehead atoms. The van der Waals surface area contributed by atoms with E-state index >= 15 is 0 Å². The van der Waals surface area contributed by atoms with Crippen LogP contribution in [0.1, 0.15) is 13.3 Å². The maximum absolute atomic E-state index is 12.1. The summed E-state index contributed by atoms with van der Waals surface area (Å²) < 4.78 is 25.3. The standard InChI is InChI=1S/C9H17N5O3S/c1-7(15)3-4-14(2)18(16,17)8-5-11-9(13-10)12-6-8/h5-7,15H,3-4,10H2,1-2H3,(H,11,12,13). The lowest BCUT2D eigenvalue weighted by atomic mass is 10.3. The van der Waals surface area contributed by atoms with Gasteiger partial charge >= 0.3 is 0 Å². The minimum absolute atomic E-state index is 0.0189. The molecule has 1 aromatic heterocycles. The Hall–Kier alpha value is -1.29. The third-order valence-electron chi connectivity index (χ3n) is 2.33. The van der Waals surface area contributed by atoms with Crippen LogP contribution in [0.4, 0.5) is 5.95 Å². The van der Waals surface area contributed by atoms with Crippen molar-refractivity contribution in [2.24, 2.45) is 5.84 Å². The highest BCUT2D eigenvalue weighted by Crippen LogP contribution is 2.13. The average Bonchev–Trinajstić information content (AvgIpc) is 2.35. The van der Waals surface area contributed by atoms with Gasteiger partial charge in [-0.2, -0.15) is 0 Å². The number of nitrogens with two attached hydrogens (primary N) is 1. The Kier molecular flexibility index (Phi) is 4.96. The molecule has 0 aliphatic rings. The number of aliphatic hydroxyl groups excluding tert-OH is 1. The van der Waals surface area contributed by atoms with Crippen molar-refractivity contribution in [2.45, 2.75) is 24.3 Å². The Morgan fingerprint density at radius 3 is 2.50 bits per heavy atom. The van der Waals surface area contributed by atoms with Gasteiger partial charge in [0, 0.05) is 13.6 Å². The van der Waals surface area contributed by atoms with E-state index in [0.717, 1.165) is 4.31 Å². The van der Waals surface area contributed by atoms with Crippen LogP contribution in [0.15, 0.2) is 17.3 Å². The highest BCUT2D eigenvalue weighted by Gasteiger charge is 2.21. The van der Waals surface area contributed by atoms with Gasteiger partial charge in [0.15, 0.2) is 0 Å². The molecule has 9 heteroatoms. The van der Waals surface area contributed by atoms with E-state index in [9.17, 15) is 8.42 Å². The molecule has 0 saturated heterocycles. The molecule has 1 unspecified atom stereocenters. The molecular weight excluding hydrogens is 258 g/mol. The second-order valence-corrected chi connectivity index (χ2v) is 5.90. The smallest absolute Gasteiger partial charge is 0.245 e. The van der Waals surface area contributed by atoms with Crippen LogP contribution in [0, 0.1) is 0 Å². The second-order valence-electron chi connectivity index (χ2n) is 3.85. The predicted molar refractivity (Wildman–Crippen MR) is 66.0 cm³/mol. The van der Waals surface area contributed by atoms with E-state index < -0.39 is 16.1 Å². The summed E-state index contributed by atoms with van der Waals surface area (Å²) in [5, 5.41) is 9.14. The fraction of sp³-hybridized carbons (Fsp3) is 0.556. The quantitative estimate of drug-likeness (QED) is 0.457. The van der Waals surface area contributed by atoms with E-state index in [2.05, 4.69) is 15.4 Å². The third kappa shape index (κ3) is 3.60. The van der Waals surface area contributed by atoms with Gasteiger partial charge in [-0.15, -0.1) is 0 Å². The zero-order chi connectivity index (χ0) is 13.8. The minimum atomic E-state index is -3.63. The van der Waals surface area contributed by atoms with Crippen molar-refractivity contribution in [2.75, 3.05) is 19.0 Å². The van der Waals surface area contributed by atoms with Gasteiger partial charge in [0.05, 0.1) is 18.5 Å². The van der Waals surface area contributed by atoms with Crippen LogP contribution in [0.25, 0.3) is 0 Å². The van der Waals surface area contributed by atoms with Crippen molar-refractivity contribution in [1.29, 1.82) is 0 Å². The molecule has 0 spiro atoms. The molecule has 1 atom stereocenters. The van der Waals surface area contributed by atoms with Gasteiger partial charge in [0.1, 0.15) is 4.90 Å². The number of hydrogen-bond acceptors (Lipinski definition) is 7. The highest BCUT2D eigenvalue weighted by molar-refractivity contribution is 7.89. The summed E-state index contributed by atoms with van der Waals surface area (Å²) in [7, 11) is -2.19. The monoisotopic (exact) mass is 275 g/mol. The van der Waals surface area contributed by atoms with E-state index in [1.807, 2.05) is 0 Å². The minimum Gasteiger partial charge on any atom is -0.393 e. The molecule has 0 aromatic carbocycles. The van der Waals surface area contributed by atoms with Crippen LogP contribution in [-0.2, 0) is 10.0 Å². The molecule has 102 valence electrons. The molecule has 1 heterocycles. The molecule has 0 fully saturated rings. The number of aromatic nitrogens is 2. The Bertz CT molecular complexity index is 473. The molecule has 0 amide bonds. The fourth-order valence-electron chi connectivity index (χ4n) is 1.19. The highest BCUT2D eigenvalue weighted by atomic mass is 32.2. The van der Waals surface area contributed by atoms with Crippen LogP contribution in [0.5, 0.6) is 0 Å². The molecule has 1 rings (SSSR count). The molecule has 0 aliphatic heterocycles. The van der Waals surface area contributed by atoms with Crippen molar-refractivity contribution in [3.05, 3.63) is 12.4 Å². The van der Waals surface area contributed by atoms with Gasteiger partial charge in [-0.05, 0) is 13.3 Å². The lowest BCUT2D eigenvalue weighted by molar-refractivity contribution is 0.177. The number of hydrazine groups is 1. The first-order valence-corrected chi connectivity index (χ1v) is 6.75. The molecule has 0 radical (unpaired) electrons. The molecule has 1 aromatic rings. The summed E-state index contributed by atoms with van der Waals surface area (Å²) in [5.41, 5.74) is 2.21. The maximum Gasteiger partial charge on any atom is 0.245 e. The maximum atomic E-state index is 12.1. The SMILES string of the molecule is CC(O)CCN(C)S(=O)(=O)c1cnc(NN)nc1. The number of rotatable bonds is 6. The van der Waals surface area contributed by atoms with E-state index in [0.29, 0.717) is 6.42 Å². The van der Waals surface area contributed by atoms with E-state index in [4.69, 9.17) is 10.9 Å². The Labute approximate surface area is 106 Å². The summed E-state index contributed by atoms with van der Waals surface area (Å²) in [5.74, 6) is 5.23. The zero-order valence-corrected chi connectivity index (χ0v) is 11.1. The van der Waals surface area contributed by atoms with Gasteiger partial charge in [-0.25, -0.2) is 28.5 Å². The first kappa shape index (κ1) is 14.8. The number of hydrogen-bond donors (Lipinski definition) is 3. The van der Waals surface area contributed by atoms with Crippen LogP contribution < -0.4 is 11.3 Å². The third-order valence-corrected chi connectivity index (χ3v) is 4.14. The number of nitrogen functional groups attached to an aromatic ring is 1. The molecule has 0 aliphatic carbocycles. The second kappa shape index (κ2) is 6.05. The Morgan fingerprint density at radius 2 is 2.06 bits per heavy atom. The van der Waals surface area contributed by atoms with Crippen molar-refractivity contribution in [1.82, 2.24) is 14.3 Å². The topological polar surface area (TPSA) is 121 Å². The average molecular weight is 275 g/mol. The number of nitrogens with one attached hydrogen (secondary N) is 1. The van der Waals surface area contributed by atoms with Crippen LogP contribution in [-0.4, -0.2) is 47.5 Å². The van der Waals surface area contributed by atoms with Crippen molar-refractivity contribution in [3.8, 4) is 0 Å². The predicted octanol–water partition coefficient (Wildman–Crippen LogP) is -0.846. The summed E-state index contributed by atoms with van der Waals surface area (Å²) in [6.45, 7) is 1.82. The van der Waals surface area contributed by atoms with Gasteiger partial charge in [0.25, 0.3) is 0 Å². The number of nitrogens with zero attached hydrogens (tertiary/aromatic N) is 3. The fourth-order valence-corrected chi connectivity index (χ4v) is 2.27. The van der Waals surface area contributed by atoms with Crippen molar-refractivity contribution in [3.63, 3.8) is 0 Å². The first-order chi connectivity index (χ1) is 8.37. The summed E-state index contributed by atoms with van der Waals surface area (Å²) in [6.07, 6.45) is 2.16. The molecule has 18 heavy (non-hydrogen) atoms. The molecule has 8 nitrogen and oxygen atoms in total. The van der Waals surface area contributed by atoms with E-state index in [1.54, 1.807) is 6.92 Å². The largest absolute Gasteiger partial charge is 0.393 e. The van der Waals surface area contributed by atoms with Gasteiger partial charge in [0.2, 0.25) is 16.0 Å². The summed E-state index contributed by atoms with van der Waals surface area (Å²) in [6, 6.07) is 0. The van der Waals surface area contributed by atoms with Gasteiger partial charge < -0.3 is 5.11 Å². The molecular formula is C9H17N5O3S. The molecule has 4 N–H and O–H groups in total. The van der Waals surface area contributed by atoms with E-state index in [1.165, 1.54) is 19.4 Å². The lowest BCUT2D eigenvalue weighted by Gasteiger charge is -2.17. The van der Waals surface area contributed by atoms with Crippen molar-refractivity contribution >= 4 is 16.0 Å². The Balaban J connectivity index is 2.84. The number of anilines is 1. The van der Waals surface area contributed by atoms with Crippen LogP contribution >= 0.6 is 0 Å². The van der Waals surface area contributed by atoms with Gasteiger partial charge in [-0.3, -0.25) is 5.43 Å². The van der Waals surface area contributed by atoms with Crippen LogP contribution in [0.3, 0.4) is 0 Å². The lowest BCUT2D eigenvalue weighted by Crippen LogP contribution is -2.29.